The molecule has 1 aliphatic carbocycles. The first kappa shape index (κ1) is 8.72. The third-order valence-corrected chi connectivity index (χ3v) is 3.90. The predicted octanol–water partition coefficient (Wildman–Crippen LogP) is 0.653. The molecule has 2 N–H and O–H groups in total. The van der Waals surface area contributed by atoms with Gasteiger partial charge < -0.3 is 10.6 Å². The van der Waals surface area contributed by atoms with Crippen LogP contribution >= 0.6 is 0 Å². The number of amides is 1. The maximum atomic E-state index is 11.8. The second kappa shape index (κ2) is 3.23. The van der Waals surface area contributed by atoms with E-state index in [-0.39, 0.29) is 5.92 Å². The molecule has 1 amide bonds. The monoisotopic (exact) mass is 194 g/mol. The molecule has 3 unspecified atom stereocenters. The predicted molar refractivity (Wildman–Crippen MR) is 53.8 cm³/mol. The van der Waals surface area contributed by atoms with Crippen molar-refractivity contribution >= 4 is 5.91 Å². The lowest BCUT2D eigenvalue weighted by Crippen LogP contribution is -2.38. The van der Waals surface area contributed by atoms with E-state index >= 15 is 0 Å². The molecule has 0 aromatic rings. The van der Waals surface area contributed by atoms with E-state index in [2.05, 4.69) is 10.6 Å². The summed E-state index contributed by atoms with van der Waals surface area (Å²) in [5, 5.41) is 6.59. The van der Waals surface area contributed by atoms with Crippen molar-refractivity contribution < 1.29 is 4.79 Å². The first-order valence-corrected chi connectivity index (χ1v) is 5.86. The number of nitrogens with one attached hydrogen (secondary N) is 2. The molecule has 3 heteroatoms. The summed E-state index contributed by atoms with van der Waals surface area (Å²) in [5.74, 6) is 1.37. The van der Waals surface area contributed by atoms with Crippen molar-refractivity contribution in [3.63, 3.8) is 0 Å². The van der Waals surface area contributed by atoms with Gasteiger partial charge in [0.25, 0.3) is 0 Å². The van der Waals surface area contributed by atoms with Crippen LogP contribution in [-0.2, 0) is 4.79 Å². The van der Waals surface area contributed by atoms with Crippen LogP contribution in [-0.4, -0.2) is 24.5 Å². The van der Waals surface area contributed by atoms with E-state index in [1.807, 2.05) is 0 Å². The largest absolute Gasteiger partial charge is 0.356 e. The molecule has 3 rings (SSSR count). The zero-order chi connectivity index (χ0) is 9.54. The molecule has 2 aliphatic heterocycles. The second-order valence-electron chi connectivity index (χ2n) is 5.08. The quantitative estimate of drug-likeness (QED) is 0.692. The third kappa shape index (κ3) is 1.54. The van der Waals surface area contributed by atoms with Crippen LogP contribution in [0.15, 0.2) is 0 Å². The van der Waals surface area contributed by atoms with Gasteiger partial charge in [-0.3, -0.25) is 4.79 Å². The van der Waals surface area contributed by atoms with Gasteiger partial charge in [0.05, 0.1) is 5.92 Å². The normalized spacial score (nSPS) is 40.1. The third-order valence-electron chi connectivity index (χ3n) is 3.90. The number of hydrogen-bond donors (Lipinski definition) is 2. The van der Waals surface area contributed by atoms with Gasteiger partial charge in [0.15, 0.2) is 0 Å². The first-order valence-electron chi connectivity index (χ1n) is 5.86. The van der Waals surface area contributed by atoms with Crippen LogP contribution in [0, 0.1) is 11.8 Å². The fourth-order valence-electron chi connectivity index (χ4n) is 2.81. The van der Waals surface area contributed by atoms with E-state index in [1.54, 1.807) is 0 Å². The molecule has 2 saturated heterocycles. The topological polar surface area (TPSA) is 41.1 Å². The molecule has 0 aromatic carbocycles. The van der Waals surface area contributed by atoms with Crippen LogP contribution in [0.1, 0.15) is 32.1 Å². The van der Waals surface area contributed by atoms with Crippen LogP contribution in [0.4, 0.5) is 0 Å². The number of rotatable bonds is 3. The highest BCUT2D eigenvalue weighted by Gasteiger charge is 2.42. The van der Waals surface area contributed by atoms with Crippen LogP contribution in [0.3, 0.4) is 0 Å². The van der Waals surface area contributed by atoms with Crippen molar-refractivity contribution in [3.05, 3.63) is 0 Å². The maximum Gasteiger partial charge on any atom is 0.224 e. The fourth-order valence-corrected chi connectivity index (χ4v) is 2.81. The molecule has 2 heterocycles. The summed E-state index contributed by atoms with van der Waals surface area (Å²) in [6.45, 7) is 0.923. The number of carbonyl (C=O) groups excluding carboxylic acids is 1. The summed E-state index contributed by atoms with van der Waals surface area (Å²) in [7, 11) is 0. The highest BCUT2D eigenvalue weighted by molar-refractivity contribution is 5.80. The molecule has 3 fully saturated rings. The van der Waals surface area contributed by atoms with Gasteiger partial charge in [-0.15, -0.1) is 0 Å². The van der Waals surface area contributed by atoms with E-state index in [4.69, 9.17) is 0 Å². The van der Waals surface area contributed by atoms with Crippen LogP contribution in [0.25, 0.3) is 0 Å². The van der Waals surface area contributed by atoms with E-state index in [1.165, 1.54) is 25.7 Å². The summed E-state index contributed by atoms with van der Waals surface area (Å²) in [4.78, 5) is 11.8. The van der Waals surface area contributed by atoms with Gasteiger partial charge in [0.1, 0.15) is 0 Å². The Bertz CT molecular complexity index is 250. The van der Waals surface area contributed by atoms with Crippen molar-refractivity contribution in [2.45, 2.75) is 44.2 Å². The highest BCUT2D eigenvalue weighted by Crippen LogP contribution is 2.33. The van der Waals surface area contributed by atoms with Crippen LogP contribution in [0.5, 0.6) is 0 Å². The van der Waals surface area contributed by atoms with Gasteiger partial charge in [-0.2, -0.15) is 0 Å². The lowest BCUT2D eigenvalue weighted by Gasteiger charge is -2.19. The average molecular weight is 194 g/mol. The Labute approximate surface area is 84.6 Å². The number of carbonyl (C=O) groups is 1. The van der Waals surface area contributed by atoms with Crippen molar-refractivity contribution in [1.82, 2.24) is 10.6 Å². The second-order valence-corrected chi connectivity index (χ2v) is 5.08. The zero-order valence-corrected chi connectivity index (χ0v) is 8.46. The summed E-state index contributed by atoms with van der Waals surface area (Å²) in [5.41, 5.74) is 0. The minimum Gasteiger partial charge on any atom is -0.356 e. The molecular weight excluding hydrogens is 176 g/mol. The summed E-state index contributed by atoms with van der Waals surface area (Å²) < 4.78 is 0. The lowest BCUT2D eigenvalue weighted by atomic mass is 9.88. The molecule has 0 spiro atoms. The Hall–Kier alpha value is -0.570. The number of fused-ring (bicyclic) bond motifs is 2. The van der Waals surface area contributed by atoms with Gasteiger partial charge >= 0.3 is 0 Å². The van der Waals surface area contributed by atoms with Crippen LogP contribution in [0.2, 0.25) is 0 Å². The molecule has 3 atom stereocenters. The molecule has 0 radical (unpaired) electrons. The Morgan fingerprint density at radius 3 is 2.71 bits per heavy atom. The zero-order valence-electron chi connectivity index (χ0n) is 8.46. The average Bonchev–Trinajstić information content (AvgIpc) is 2.79. The minimum atomic E-state index is 0.271. The Balaban J connectivity index is 1.51. The fraction of sp³-hybridized carbons (Fsp3) is 0.909. The van der Waals surface area contributed by atoms with Gasteiger partial charge in [-0.25, -0.2) is 0 Å². The van der Waals surface area contributed by atoms with Gasteiger partial charge in [0, 0.05) is 18.6 Å². The Morgan fingerprint density at radius 2 is 2.14 bits per heavy atom. The number of hydrogen-bond acceptors (Lipinski definition) is 2. The SMILES string of the molecule is O=C(NCC1CC1)C1CC2CCC1N2. The van der Waals surface area contributed by atoms with Gasteiger partial charge in [-0.1, -0.05) is 0 Å². The summed E-state index contributed by atoms with van der Waals surface area (Å²) >= 11 is 0. The maximum absolute atomic E-state index is 11.8. The smallest absolute Gasteiger partial charge is 0.224 e. The highest BCUT2D eigenvalue weighted by atomic mass is 16.1. The van der Waals surface area contributed by atoms with Crippen molar-refractivity contribution in [1.29, 1.82) is 0 Å². The first-order chi connectivity index (χ1) is 6.83. The molecule has 14 heavy (non-hydrogen) atoms. The minimum absolute atomic E-state index is 0.271. The van der Waals surface area contributed by atoms with Crippen molar-refractivity contribution in [2.75, 3.05) is 6.54 Å². The summed E-state index contributed by atoms with van der Waals surface area (Å²) in [6.07, 6.45) is 6.18. The molecule has 3 nitrogen and oxygen atoms in total. The van der Waals surface area contributed by atoms with E-state index in [0.717, 1.165) is 18.9 Å². The standard InChI is InChI=1S/C11H18N2O/c14-11(12-6-7-1-2-7)9-5-8-3-4-10(9)13-8/h7-10,13H,1-6H2,(H,12,14). The Morgan fingerprint density at radius 1 is 1.29 bits per heavy atom. The Kier molecular flexibility index (Phi) is 2.01. The molecule has 78 valence electrons. The molecule has 1 saturated carbocycles. The van der Waals surface area contributed by atoms with Crippen molar-refractivity contribution in [3.8, 4) is 0 Å². The van der Waals surface area contributed by atoms with E-state index in [0.29, 0.717) is 18.0 Å². The van der Waals surface area contributed by atoms with E-state index in [9.17, 15) is 4.79 Å². The van der Waals surface area contributed by atoms with Crippen molar-refractivity contribution in [2.24, 2.45) is 11.8 Å². The summed E-state index contributed by atoms with van der Waals surface area (Å²) in [6, 6.07) is 1.12. The molecule has 2 bridgehead atoms. The van der Waals surface area contributed by atoms with Gasteiger partial charge in [-0.05, 0) is 38.0 Å². The lowest BCUT2D eigenvalue weighted by molar-refractivity contribution is -0.125. The molecule has 0 aromatic heterocycles. The van der Waals surface area contributed by atoms with Crippen LogP contribution < -0.4 is 10.6 Å². The van der Waals surface area contributed by atoms with E-state index < -0.39 is 0 Å². The molecule has 3 aliphatic rings. The molecular formula is C11H18N2O. The van der Waals surface area contributed by atoms with Gasteiger partial charge in [0.2, 0.25) is 5.91 Å².